The van der Waals surface area contributed by atoms with Crippen LogP contribution < -0.4 is 10.6 Å². The second-order valence-electron chi connectivity index (χ2n) is 4.27. The van der Waals surface area contributed by atoms with Crippen molar-refractivity contribution >= 4 is 23.1 Å². The van der Waals surface area contributed by atoms with E-state index in [9.17, 15) is 0 Å². The zero-order valence-corrected chi connectivity index (χ0v) is 11.7. The zero-order valence-electron chi connectivity index (χ0n) is 10.9. The van der Waals surface area contributed by atoms with Gasteiger partial charge in [0.05, 0.1) is 0 Å². The van der Waals surface area contributed by atoms with Gasteiger partial charge in [0.1, 0.15) is 5.82 Å². The molecule has 0 aliphatic rings. The fourth-order valence-corrected chi connectivity index (χ4v) is 2.01. The van der Waals surface area contributed by atoms with Crippen molar-refractivity contribution < 1.29 is 0 Å². The zero-order chi connectivity index (χ0) is 13.5. The molecule has 0 fully saturated rings. The molecule has 0 aliphatic heterocycles. The van der Waals surface area contributed by atoms with Gasteiger partial charge in [0.25, 0.3) is 0 Å². The molecule has 0 aliphatic carbocycles. The van der Waals surface area contributed by atoms with Crippen LogP contribution in [0.3, 0.4) is 0 Å². The number of aromatic nitrogens is 1. The Hall–Kier alpha value is -1.94. The number of rotatable bonds is 4. The molecule has 4 heteroatoms. The van der Waals surface area contributed by atoms with Crippen molar-refractivity contribution in [2.75, 3.05) is 11.9 Å². The van der Waals surface area contributed by atoms with Gasteiger partial charge in [-0.3, -0.25) is 0 Å². The average molecular weight is 271 g/mol. The maximum Gasteiger partial charge on any atom is 0.171 e. The molecule has 1 aromatic carbocycles. The molecule has 0 spiro atoms. The summed E-state index contributed by atoms with van der Waals surface area (Å²) in [6, 6.07) is 14.1. The highest BCUT2D eigenvalue weighted by Crippen LogP contribution is 2.06. The van der Waals surface area contributed by atoms with Gasteiger partial charge >= 0.3 is 0 Å². The van der Waals surface area contributed by atoms with Crippen molar-refractivity contribution in [3.05, 3.63) is 59.8 Å². The summed E-state index contributed by atoms with van der Waals surface area (Å²) in [7, 11) is 0. The van der Waals surface area contributed by atoms with Crippen LogP contribution in [-0.2, 0) is 6.42 Å². The summed E-state index contributed by atoms with van der Waals surface area (Å²) in [5, 5.41) is 6.84. The van der Waals surface area contributed by atoms with E-state index in [1.807, 2.05) is 18.2 Å². The number of nitrogens with zero attached hydrogens (tertiary/aromatic N) is 1. The number of anilines is 1. The molecule has 1 aromatic heterocycles. The highest BCUT2D eigenvalue weighted by atomic mass is 32.1. The van der Waals surface area contributed by atoms with Crippen molar-refractivity contribution in [1.29, 1.82) is 0 Å². The van der Waals surface area contributed by atoms with E-state index in [0.29, 0.717) is 5.11 Å². The monoisotopic (exact) mass is 271 g/mol. The van der Waals surface area contributed by atoms with Crippen LogP contribution in [0.5, 0.6) is 0 Å². The summed E-state index contributed by atoms with van der Waals surface area (Å²) in [6.07, 6.45) is 2.69. The molecule has 2 aromatic rings. The van der Waals surface area contributed by atoms with E-state index < -0.39 is 0 Å². The SMILES string of the molecule is Cc1ccccc1CCNC(=S)Nc1ccccn1. The minimum Gasteiger partial charge on any atom is -0.362 e. The van der Waals surface area contributed by atoms with Gasteiger partial charge in [0.2, 0.25) is 0 Å². The number of thiocarbonyl (C=S) groups is 1. The number of hydrogen-bond acceptors (Lipinski definition) is 2. The van der Waals surface area contributed by atoms with Crippen LogP contribution in [0.4, 0.5) is 5.82 Å². The van der Waals surface area contributed by atoms with Crippen LogP contribution >= 0.6 is 12.2 Å². The molecule has 0 unspecified atom stereocenters. The smallest absolute Gasteiger partial charge is 0.171 e. The third-order valence-corrected chi connectivity index (χ3v) is 3.09. The molecule has 2 N–H and O–H groups in total. The molecule has 98 valence electrons. The van der Waals surface area contributed by atoms with E-state index in [4.69, 9.17) is 12.2 Å². The predicted molar refractivity (Wildman–Crippen MR) is 83.3 cm³/mol. The van der Waals surface area contributed by atoms with E-state index >= 15 is 0 Å². The van der Waals surface area contributed by atoms with Gasteiger partial charge in [-0.2, -0.15) is 0 Å². The Morgan fingerprint density at radius 3 is 2.68 bits per heavy atom. The molecule has 0 radical (unpaired) electrons. The Morgan fingerprint density at radius 2 is 1.95 bits per heavy atom. The molecule has 0 saturated heterocycles. The number of pyridine rings is 1. The van der Waals surface area contributed by atoms with Crippen molar-refractivity contribution in [3.8, 4) is 0 Å². The first-order valence-electron chi connectivity index (χ1n) is 6.26. The Kier molecular flexibility index (Phi) is 4.86. The molecule has 0 bridgehead atoms. The van der Waals surface area contributed by atoms with Gasteiger partial charge in [-0.15, -0.1) is 0 Å². The Bertz CT molecular complexity index is 540. The summed E-state index contributed by atoms with van der Waals surface area (Å²) in [6.45, 7) is 2.93. The fraction of sp³-hybridized carbons (Fsp3) is 0.200. The van der Waals surface area contributed by atoms with Gasteiger partial charge < -0.3 is 10.6 Å². The summed E-state index contributed by atoms with van der Waals surface area (Å²) in [5.74, 6) is 0.760. The van der Waals surface area contributed by atoms with Crippen molar-refractivity contribution in [1.82, 2.24) is 10.3 Å². The maximum atomic E-state index is 5.22. The first kappa shape index (κ1) is 13.5. The third-order valence-electron chi connectivity index (χ3n) is 2.85. The van der Waals surface area contributed by atoms with Crippen LogP contribution in [0.2, 0.25) is 0 Å². The summed E-state index contributed by atoms with van der Waals surface area (Å²) in [4.78, 5) is 4.16. The van der Waals surface area contributed by atoms with Crippen molar-refractivity contribution in [3.63, 3.8) is 0 Å². The van der Waals surface area contributed by atoms with Crippen LogP contribution in [0.25, 0.3) is 0 Å². The molecule has 1 heterocycles. The van der Waals surface area contributed by atoms with Crippen LogP contribution in [0, 0.1) is 6.92 Å². The van der Waals surface area contributed by atoms with E-state index in [0.717, 1.165) is 18.8 Å². The number of aryl methyl sites for hydroxylation is 1. The lowest BCUT2D eigenvalue weighted by Crippen LogP contribution is -2.30. The third kappa shape index (κ3) is 4.34. The number of hydrogen-bond donors (Lipinski definition) is 2. The van der Waals surface area contributed by atoms with Crippen LogP contribution in [0.1, 0.15) is 11.1 Å². The largest absolute Gasteiger partial charge is 0.362 e. The quantitative estimate of drug-likeness (QED) is 0.838. The topological polar surface area (TPSA) is 37.0 Å². The molecule has 3 nitrogen and oxygen atoms in total. The molecule has 2 rings (SSSR count). The first-order chi connectivity index (χ1) is 9.25. The lowest BCUT2D eigenvalue weighted by molar-refractivity contribution is 0.867. The van der Waals surface area contributed by atoms with Gasteiger partial charge in [-0.1, -0.05) is 30.3 Å². The van der Waals surface area contributed by atoms with Crippen LogP contribution in [-0.4, -0.2) is 16.6 Å². The average Bonchev–Trinajstić information content (AvgIpc) is 2.42. The van der Waals surface area contributed by atoms with Gasteiger partial charge in [-0.05, 0) is 48.8 Å². The molecular formula is C15H17N3S. The lowest BCUT2D eigenvalue weighted by Gasteiger charge is -2.10. The lowest BCUT2D eigenvalue weighted by atomic mass is 10.1. The van der Waals surface area contributed by atoms with Gasteiger partial charge in [0.15, 0.2) is 5.11 Å². The van der Waals surface area contributed by atoms with Gasteiger partial charge in [0, 0.05) is 12.7 Å². The molecule has 0 amide bonds. The standard InChI is InChI=1S/C15H17N3S/c1-12-6-2-3-7-13(12)9-11-17-15(19)18-14-8-4-5-10-16-14/h2-8,10H,9,11H2,1H3,(H2,16,17,18,19). The fourth-order valence-electron chi connectivity index (χ4n) is 1.80. The second kappa shape index (κ2) is 6.85. The Labute approximate surface area is 119 Å². The molecule has 0 atom stereocenters. The summed E-state index contributed by atoms with van der Waals surface area (Å²) < 4.78 is 0. The predicted octanol–water partition coefficient (Wildman–Crippen LogP) is 2.92. The van der Waals surface area contributed by atoms with Crippen molar-refractivity contribution in [2.24, 2.45) is 0 Å². The van der Waals surface area contributed by atoms with Crippen molar-refractivity contribution in [2.45, 2.75) is 13.3 Å². The second-order valence-corrected chi connectivity index (χ2v) is 4.68. The van der Waals surface area contributed by atoms with E-state index in [1.54, 1.807) is 6.20 Å². The van der Waals surface area contributed by atoms with E-state index in [2.05, 4.69) is 46.8 Å². The summed E-state index contributed by atoms with van der Waals surface area (Å²) >= 11 is 5.22. The normalized spacial score (nSPS) is 9.95. The highest BCUT2D eigenvalue weighted by Gasteiger charge is 1.99. The van der Waals surface area contributed by atoms with E-state index in [-0.39, 0.29) is 0 Å². The number of nitrogens with one attached hydrogen (secondary N) is 2. The number of benzene rings is 1. The van der Waals surface area contributed by atoms with Gasteiger partial charge in [-0.25, -0.2) is 4.98 Å². The molecule has 0 saturated carbocycles. The molecule has 19 heavy (non-hydrogen) atoms. The minimum absolute atomic E-state index is 0.604. The maximum absolute atomic E-state index is 5.22. The molecular weight excluding hydrogens is 254 g/mol. The highest BCUT2D eigenvalue weighted by molar-refractivity contribution is 7.80. The Balaban J connectivity index is 1.77. The Morgan fingerprint density at radius 1 is 1.16 bits per heavy atom. The summed E-state index contributed by atoms with van der Waals surface area (Å²) in [5.41, 5.74) is 2.66. The van der Waals surface area contributed by atoms with E-state index in [1.165, 1.54) is 11.1 Å². The van der Waals surface area contributed by atoms with Crippen LogP contribution in [0.15, 0.2) is 48.7 Å². The first-order valence-corrected chi connectivity index (χ1v) is 6.67. The minimum atomic E-state index is 0.604.